The first-order valence-corrected chi connectivity index (χ1v) is 19.5. The molecule has 10 aromatic rings. The number of imidazole rings is 2. The summed E-state index contributed by atoms with van der Waals surface area (Å²) in [6.45, 7) is 2.99. The van der Waals surface area contributed by atoms with Crippen molar-refractivity contribution in [2.75, 3.05) is 26.4 Å². The zero-order valence-electron chi connectivity index (χ0n) is 31.6. The Hall–Kier alpha value is -7.14. The molecule has 4 heterocycles. The fourth-order valence-electron chi connectivity index (χ4n) is 7.51. The lowest BCUT2D eigenvalue weighted by Crippen LogP contribution is -2.14. The summed E-state index contributed by atoms with van der Waals surface area (Å²) in [5.74, 6) is 1.51. The van der Waals surface area contributed by atoms with Crippen molar-refractivity contribution in [2.24, 2.45) is 0 Å². The summed E-state index contributed by atoms with van der Waals surface area (Å²) in [7, 11) is 0. The zero-order valence-corrected chi connectivity index (χ0v) is 31.6. The van der Waals surface area contributed by atoms with Crippen LogP contribution in [0.3, 0.4) is 0 Å². The molecule has 0 atom stereocenters. The number of rotatable bonds is 13. The Morgan fingerprint density at radius 3 is 1.03 bits per heavy atom. The average molecular weight is 759 g/mol. The molecule has 10 heteroatoms. The highest BCUT2D eigenvalue weighted by molar-refractivity contribution is 5.89. The standard InChI is InChI=1S/C48H38N8O2/c1-3-15-33(16-4-1)43-45(51-37-21-9-7-19-35(37)49-43)47-53-39-23-11-13-25-41(39)55(47)27-29-57-31-32-58-30-28-56-42-26-14-12-24-40(42)54-48(56)46-44(34-17-5-2-6-18-34)50-36-20-8-10-22-38(36)52-46/h1-26H,27-32H2. The molecule has 0 aliphatic heterocycles. The van der Waals surface area contributed by atoms with Crippen LogP contribution in [-0.2, 0) is 22.6 Å². The number of ether oxygens (including phenoxy) is 2. The van der Waals surface area contributed by atoms with Gasteiger partial charge in [0.1, 0.15) is 22.8 Å². The van der Waals surface area contributed by atoms with E-state index in [1.54, 1.807) is 0 Å². The van der Waals surface area contributed by atoms with Gasteiger partial charge in [0.25, 0.3) is 0 Å². The van der Waals surface area contributed by atoms with Crippen LogP contribution < -0.4 is 0 Å². The van der Waals surface area contributed by atoms with Crippen LogP contribution in [0.4, 0.5) is 0 Å². The largest absolute Gasteiger partial charge is 0.377 e. The van der Waals surface area contributed by atoms with Crippen molar-refractivity contribution in [3.63, 3.8) is 0 Å². The third-order valence-electron chi connectivity index (χ3n) is 10.3. The SMILES string of the molecule is c1ccc(-c2nc3ccccc3nc2-c2nc3ccccc3n2CCOCCOCCn2c(-c3nc4ccccc4nc3-c3ccccc3)nc3ccccc32)cc1. The fraction of sp³-hybridized carbons (Fsp3) is 0.125. The second-order valence-electron chi connectivity index (χ2n) is 13.9. The Labute approximate surface area is 334 Å². The van der Waals surface area contributed by atoms with Crippen LogP contribution in [0, 0.1) is 0 Å². The van der Waals surface area contributed by atoms with E-state index in [1.165, 1.54) is 0 Å². The summed E-state index contributed by atoms with van der Waals surface area (Å²) < 4.78 is 16.8. The summed E-state index contributed by atoms with van der Waals surface area (Å²) in [4.78, 5) is 30.6. The lowest BCUT2D eigenvalue weighted by atomic mass is 10.1. The molecule has 6 aromatic carbocycles. The van der Waals surface area contributed by atoms with E-state index in [4.69, 9.17) is 39.4 Å². The first kappa shape index (κ1) is 35.3. The molecule has 0 unspecified atom stereocenters. The highest BCUT2D eigenvalue weighted by Crippen LogP contribution is 2.34. The van der Waals surface area contributed by atoms with E-state index >= 15 is 0 Å². The van der Waals surface area contributed by atoms with E-state index in [-0.39, 0.29) is 0 Å². The van der Waals surface area contributed by atoms with Gasteiger partial charge in [-0.25, -0.2) is 29.9 Å². The van der Waals surface area contributed by atoms with Crippen LogP contribution in [0.1, 0.15) is 0 Å². The normalized spacial score (nSPS) is 11.7. The summed E-state index contributed by atoms with van der Waals surface area (Å²) in [5, 5.41) is 0. The van der Waals surface area contributed by atoms with Crippen molar-refractivity contribution < 1.29 is 9.47 Å². The minimum atomic E-state index is 0.443. The maximum Gasteiger partial charge on any atom is 0.162 e. The smallest absolute Gasteiger partial charge is 0.162 e. The maximum atomic E-state index is 6.19. The third-order valence-corrected chi connectivity index (χ3v) is 10.3. The number of hydrogen-bond acceptors (Lipinski definition) is 8. The Morgan fingerprint density at radius 2 is 0.638 bits per heavy atom. The van der Waals surface area contributed by atoms with Gasteiger partial charge in [-0.15, -0.1) is 0 Å². The number of para-hydroxylation sites is 8. The third kappa shape index (κ3) is 6.85. The van der Waals surface area contributed by atoms with Gasteiger partial charge in [-0.05, 0) is 48.5 Å². The van der Waals surface area contributed by atoms with Crippen LogP contribution >= 0.6 is 0 Å². The van der Waals surface area contributed by atoms with Crippen LogP contribution in [0.25, 0.3) is 89.7 Å². The van der Waals surface area contributed by atoms with E-state index in [1.807, 2.05) is 121 Å². The van der Waals surface area contributed by atoms with Gasteiger partial charge >= 0.3 is 0 Å². The molecule has 10 nitrogen and oxygen atoms in total. The molecule has 0 bridgehead atoms. The van der Waals surface area contributed by atoms with E-state index in [0.717, 1.165) is 89.7 Å². The summed E-state index contributed by atoms with van der Waals surface area (Å²) in [5.41, 5.74) is 12.2. The van der Waals surface area contributed by atoms with Crippen molar-refractivity contribution in [1.82, 2.24) is 39.0 Å². The molecule has 0 fully saturated rings. The minimum absolute atomic E-state index is 0.443. The Morgan fingerprint density at radius 1 is 0.310 bits per heavy atom. The van der Waals surface area contributed by atoms with Crippen LogP contribution in [0.5, 0.6) is 0 Å². The monoisotopic (exact) mass is 758 g/mol. The van der Waals surface area contributed by atoms with Crippen molar-refractivity contribution in [3.8, 4) is 45.6 Å². The van der Waals surface area contributed by atoms with Gasteiger partial charge < -0.3 is 18.6 Å². The Balaban J connectivity index is 0.852. The maximum absolute atomic E-state index is 6.19. The van der Waals surface area contributed by atoms with Gasteiger partial charge in [-0.2, -0.15) is 0 Å². The van der Waals surface area contributed by atoms with E-state index in [2.05, 4.69) is 45.5 Å². The van der Waals surface area contributed by atoms with Crippen LogP contribution in [0.15, 0.2) is 158 Å². The quantitative estimate of drug-likeness (QED) is 0.107. The lowest BCUT2D eigenvalue weighted by Gasteiger charge is -2.14. The highest BCUT2D eigenvalue weighted by atomic mass is 16.5. The molecule has 0 saturated carbocycles. The highest BCUT2D eigenvalue weighted by Gasteiger charge is 2.22. The fourth-order valence-corrected chi connectivity index (χ4v) is 7.51. The van der Waals surface area contributed by atoms with Gasteiger partial charge in [-0.1, -0.05) is 109 Å². The topological polar surface area (TPSA) is 106 Å². The number of fused-ring (bicyclic) bond motifs is 4. The molecule has 0 radical (unpaired) electrons. The van der Waals surface area contributed by atoms with Crippen molar-refractivity contribution in [2.45, 2.75) is 13.1 Å². The van der Waals surface area contributed by atoms with Crippen molar-refractivity contribution >= 4 is 44.1 Å². The van der Waals surface area contributed by atoms with Crippen LogP contribution in [-0.4, -0.2) is 65.5 Å². The second kappa shape index (κ2) is 15.8. The number of hydrogen-bond donors (Lipinski definition) is 0. The van der Waals surface area contributed by atoms with Crippen molar-refractivity contribution in [3.05, 3.63) is 158 Å². The Bertz CT molecular complexity index is 2830. The molecule has 0 spiro atoms. The number of nitrogens with zero attached hydrogens (tertiary/aromatic N) is 8. The van der Waals surface area contributed by atoms with E-state index in [9.17, 15) is 0 Å². The molecule has 0 amide bonds. The molecule has 0 aliphatic carbocycles. The number of benzene rings is 6. The minimum Gasteiger partial charge on any atom is -0.377 e. The second-order valence-corrected chi connectivity index (χ2v) is 13.9. The molecule has 282 valence electrons. The molecule has 58 heavy (non-hydrogen) atoms. The molecule has 0 saturated heterocycles. The zero-order chi connectivity index (χ0) is 38.7. The predicted octanol–water partition coefficient (Wildman–Crippen LogP) is 9.67. The molecular weight excluding hydrogens is 721 g/mol. The van der Waals surface area contributed by atoms with Gasteiger partial charge in [0.2, 0.25) is 0 Å². The number of aromatic nitrogens is 8. The van der Waals surface area contributed by atoms with Gasteiger partial charge in [0.05, 0.1) is 70.6 Å². The lowest BCUT2D eigenvalue weighted by molar-refractivity contribution is 0.0427. The van der Waals surface area contributed by atoms with E-state index in [0.29, 0.717) is 39.5 Å². The average Bonchev–Trinajstić information content (AvgIpc) is 3.85. The Kier molecular flexibility index (Phi) is 9.60. The summed E-state index contributed by atoms with van der Waals surface area (Å²) in [6, 6.07) is 52.6. The van der Waals surface area contributed by atoms with Gasteiger partial charge in [0.15, 0.2) is 11.6 Å². The van der Waals surface area contributed by atoms with Crippen molar-refractivity contribution in [1.29, 1.82) is 0 Å². The first-order valence-electron chi connectivity index (χ1n) is 19.5. The van der Waals surface area contributed by atoms with Gasteiger partial charge in [-0.3, -0.25) is 0 Å². The summed E-state index contributed by atoms with van der Waals surface area (Å²) >= 11 is 0. The van der Waals surface area contributed by atoms with E-state index < -0.39 is 0 Å². The van der Waals surface area contributed by atoms with Crippen LogP contribution in [0.2, 0.25) is 0 Å². The first-order chi connectivity index (χ1) is 28.8. The molecular formula is C48H38N8O2. The predicted molar refractivity (Wildman–Crippen MR) is 229 cm³/mol. The van der Waals surface area contributed by atoms with Gasteiger partial charge in [0, 0.05) is 24.2 Å². The molecule has 0 N–H and O–H groups in total. The molecule has 10 rings (SSSR count). The molecule has 0 aliphatic rings. The summed E-state index contributed by atoms with van der Waals surface area (Å²) in [6.07, 6.45) is 0. The molecule has 4 aromatic heterocycles.